The average Bonchev–Trinajstić information content (AvgIpc) is 3.15. The molecular formula is C16H11N3O3S. The number of hydrogen-bond acceptors (Lipinski definition) is 6. The number of aliphatic imine (C=N–C) groups is 1. The van der Waals surface area contributed by atoms with Gasteiger partial charge in [0.05, 0.1) is 10.6 Å². The van der Waals surface area contributed by atoms with Gasteiger partial charge in [-0.1, -0.05) is 6.07 Å². The highest BCUT2D eigenvalue weighted by Crippen LogP contribution is 2.36. The number of carbonyl (C=O) groups is 1. The molecule has 0 spiro atoms. The van der Waals surface area contributed by atoms with E-state index in [4.69, 9.17) is 9.47 Å². The zero-order valence-electron chi connectivity index (χ0n) is 11.9. The smallest absolute Gasteiger partial charge is 0.289 e. The second-order valence-electron chi connectivity index (χ2n) is 4.81. The van der Waals surface area contributed by atoms with Gasteiger partial charge < -0.3 is 14.8 Å². The van der Waals surface area contributed by atoms with Crippen molar-refractivity contribution in [1.82, 2.24) is 10.3 Å². The summed E-state index contributed by atoms with van der Waals surface area (Å²) in [6.07, 6.45) is 5.31. The summed E-state index contributed by atoms with van der Waals surface area (Å²) in [7, 11) is 0. The van der Waals surface area contributed by atoms with Crippen LogP contribution in [0.2, 0.25) is 0 Å². The first kappa shape index (κ1) is 13.8. The summed E-state index contributed by atoms with van der Waals surface area (Å²) in [5, 5.41) is 2.60. The van der Waals surface area contributed by atoms with Gasteiger partial charge in [0, 0.05) is 18.5 Å². The van der Waals surface area contributed by atoms with Gasteiger partial charge in [-0.2, -0.15) is 0 Å². The van der Waals surface area contributed by atoms with Gasteiger partial charge >= 0.3 is 0 Å². The molecule has 0 radical (unpaired) electrons. The number of amidine groups is 1. The van der Waals surface area contributed by atoms with Crippen molar-refractivity contribution in [3.8, 4) is 11.5 Å². The van der Waals surface area contributed by atoms with E-state index in [0.717, 1.165) is 22.2 Å². The molecule has 1 aromatic carbocycles. The van der Waals surface area contributed by atoms with Crippen molar-refractivity contribution < 1.29 is 14.3 Å². The molecule has 1 amide bonds. The fraction of sp³-hybridized carbons (Fsp3) is 0.0625. The van der Waals surface area contributed by atoms with Crippen LogP contribution >= 0.6 is 11.8 Å². The summed E-state index contributed by atoms with van der Waals surface area (Å²) >= 11 is 1.11. The van der Waals surface area contributed by atoms with Gasteiger partial charge in [0.25, 0.3) is 5.24 Å². The van der Waals surface area contributed by atoms with Crippen molar-refractivity contribution in [3.63, 3.8) is 0 Å². The van der Waals surface area contributed by atoms with E-state index in [1.165, 1.54) is 0 Å². The third-order valence-electron chi connectivity index (χ3n) is 3.24. The molecule has 4 rings (SSSR count). The largest absolute Gasteiger partial charge is 0.454 e. The fourth-order valence-corrected chi connectivity index (χ4v) is 2.95. The number of pyridine rings is 1. The van der Waals surface area contributed by atoms with E-state index in [2.05, 4.69) is 15.3 Å². The standard InChI is InChI=1S/C16H11N3O3S/c20-16-19-15(14(23-16)6-10-2-1-5-17-8-10)18-11-3-4-12-13(7-11)22-9-21-12/h1-8H,9H2,(H,18,19,20)/b14-6+. The number of amides is 1. The lowest BCUT2D eigenvalue weighted by Gasteiger charge is -2.01. The first-order valence-electron chi connectivity index (χ1n) is 6.87. The van der Waals surface area contributed by atoms with Crippen molar-refractivity contribution in [3.05, 3.63) is 53.2 Å². The summed E-state index contributed by atoms with van der Waals surface area (Å²) in [5.74, 6) is 1.87. The molecule has 0 saturated carbocycles. The van der Waals surface area contributed by atoms with Gasteiger partial charge in [-0.3, -0.25) is 9.78 Å². The van der Waals surface area contributed by atoms with Crippen LogP contribution in [-0.4, -0.2) is 22.9 Å². The summed E-state index contributed by atoms with van der Waals surface area (Å²) < 4.78 is 10.6. The number of rotatable bonds is 2. The molecule has 0 aliphatic carbocycles. The third kappa shape index (κ3) is 2.91. The predicted molar refractivity (Wildman–Crippen MR) is 88.0 cm³/mol. The average molecular weight is 325 g/mol. The molecule has 3 heterocycles. The number of carbonyl (C=O) groups excluding carboxylic acids is 1. The maximum absolute atomic E-state index is 11.7. The molecule has 0 unspecified atom stereocenters. The quantitative estimate of drug-likeness (QED) is 0.917. The second-order valence-corrected chi connectivity index (χ2v) is 5.82. The zero-order valence-corrected chi connectivity index (χ0v) is 12.7. The van der Waals surface area contributed by atoms with Gasteiger partial charge in [0.15, 0.2) is 11.5 Å². The lowest BCUT2D eigenvalue weighted by atomic mass is 10.2. The van der Waals surface area contributed by atoms with E-state index < -0.39 is 0 Å². The summed E-state index contributed by atoms with van der Waals surface area (Å²) in [4.78, 5) is 21.0. The first-order chi connectivity index (χ1) is 11.3. The number of aromatic nitrogens is 1. The number of benzene rings is 1. The molecule has 2 aliphatic rings. The number of fused-ring (bicyclic) bond motifs is 1. The topological polar surface area (TPSA) is 72.8 Å². The molecule has 2 aliphatic heterocycles. The predicted octanol–water partition coefficient (Wildman–Crippen LogP) is 3.34. The highest BCUT2D eigenvalue weighted by Gasteiger charge is 2.24. The van der Waals surface area contributed by atoms with E-state index >= 15 is 0 Å². The number of nitrogens with one attached hydrogen (secondary N) is 1. The van der Waals surface area contributed by atoms with Gasteiger partial charge in [0.1, 0.15) is 5.84 Å². The highest BCUT2D eigenvalue weighted by molar-refractivity contribution is 8.18. The van der Waals surface area contributed by atoms with Crippen LogP contribution in [0.1, 0.15) is 5.56 Å². The van der Waals surface area contributed by atoms with Crippen molar-refractivity contribution >= 4 is 34.6 Å². The minimum atomic E-state index is -0.153. The molecule has 2 aromatic rings. The Bertz CT molecular complexity index is 834. The van der Waals surface area contributed by atoms with Gasteiger partial charge in [-0.05, 0) is 41.6 Å². The molecule has 0 atom stereocenters. The number of hydrogen-bond donors (Lipinski definition) is 1. The van der Waals surface area contributed by atoms with Crippen LogP contribution in [0.5, 0.6) is 11.5 Å². The van der Waals surface area contributed by atoms with Crippen molar-refractivity contribution in [1.29, 1.82) is 0 Å². The van der Waals surface area contributed by atoms with Crippen LogP contribution in [0.3, 0.4) is 0 Å². The maximum atomic E-state index is 11.7. The monoisotopic (exact) mass is 325 g/mol. The zero-order chi connectivity index (χ0) is 15.6. The molecule has 6 nitrogen and oxygen atoms in total. The van der Waals surface area contributed by atoms with Gasteiger partial charge in [0.2, 0.25) is 6.79 Å². The Balaban J connectivity index is 1.68. The molecule has 1 N–H and O–H groups in total. The lowest BCUT2D eigenvalue weighted by Crippen LogP contribution is -2.18. The molecule has 0 bridgehead atoms. The highest BCUT2D eigenvalue weighted by atomic mass is 32.2. The Kier molecular flexibility index (Phi) is 3.47. The van der Waals surface area contributed by atoms with E-state index in [0.29, 0.717) is 23.0 Å². The van der Waals surface area contributed by atoms with Gasteiger partial charge in [-0.25, -0.2) is 4.99 Å². The second kappa shape index (κ2) is 5.77. The van der Waals surface area contributed by atoms with E-state index in [1.54, 1.807) is 24.5 Å². The molecule has 7 heteroatoms. The summed E-state index contributed by atoms with van der Waals surface area (Å²) in [6.45, 7) is 0.216. The van der Waals surface area contributed by atoms with E-state index in [9.17, 15) is 4.79 Å². The van der Waals surface area contributed by atoms with Crippen LogP contribution in [0.25, 0.3) is 6.08 Å². The van der Waals surface area contributed by atoms with E-state index in [-0.39, 0.29) is 12.0 Å². The number of nitrogens with zero attached hydrogens (tertiary/aromatic N) is 2. The number of thioether (sulfide) groups is 1. The summed E-state index contributed by atoms with van der Waals surface area (Å²) in [5.41, 5.74) is 1.59. The van der Waals surface area contributed by atoms with Crippen LogP contribution in [0.4, 0.5) is 10.5 Å². The Morgan fingerprint density at radius 1 is 1.26 bits per heavy atom. The minimum Gasteiger partial charge on any atom is -0.454 e. The van der Waals surface area contributed by atoms with Crippen molar-refractivity contribution in [2.24, 2.45) is 4.99 Å². The molecular weight excluding hydrogens is 314 g/mol. The van der Waals surface area contributed by atoms with Crippen molar-refractivity contribution in [2.75, 3.05) is 6.79 Å². The van der Waals surface area contributed by atoms with Crippen LogP contribution in [0.15, 0.2) is 52.6 Å². The molecule has 1 saturated heterocycles. The van der Waals surface area contributed by atoms with Crippen LogP contribution in [-0.2, 0) is 0 Å². The lowest BCUT2D eigenvalue weighted by molar-refractivity contribution is 0.174. The first-order valence-corrected chi connectivity index (χ1v) is 7.69. The molecule has 23 heavy (non-hydrogen) atoms. The summed E-state index contributed by atoms with van der Waals surface area (Å²) in [6, 6.07) is 9.16. The molecule has 1 fully saturated rings. The van der Waals surface area contributed by atoms with Gasteiger partial charge in [-0.15, -0.1) is 0 Å². The normalized spacial score (nSPS) is 19.4. The minimum absolute atomic E-state index is 0.153. The number of ether oxygens (including phenoxy) is 2. The Morgan fingerprint density at radius 2 is 2.17 bits per heavy atom. The van der Waals surface area contributed by atoms with Crippen LogP contribution in [0, 0.1) is 0 Å². The SMILES string of the molecule is O=C1NC(=Nc2ccc3c(c2)OCO3)/C(=C\c2cccnc2)S1. The van der Waals surface area contributed by atoms with E-state index in [1.807, 2.05) is 24.3 Å². The maximum Gasteiger partial charge on any atom is 0.289 e. The Hall–Kier alpha value is -2.80. The van der Waals surface area contributed by atoms with Crippen molar-refractivity contribution in [2.45, 2.75) is 0 Å². The Morgan fingerprint density at radius 3 is 3.04 bits per heavy atom. The molecule has 114 valence electrons. The third-order valence-corrected chi connectivity index (χ3v) is 4.05. The molecule has 1 aromatic heterocycles. The fourth-order valence-electron chi connectivity index (χ4n) is 2.21. The van der Waals surface area contributed by atoms with Crippen LogP contribution < -0.4 is 14.8 Å². The Labute approximate surface area is 136 Å².